The molecule has 2 aromatic rings. The van der Waals surface area contributed by atoms with E-state index in [1.54, 1.807) is 42.5 Å². The zero-order valence-corrected chi connectivity index (χ0v) is 14.4. The molecule has 0 atom stereocenters. The van der Waals surface area contributed by atoms with Gasteiger partial charge in [-0.1, -0.05) is 35.9 Å². The van der Waals surface area contributed by atoms with Crippen LogP contribution < -0.4 is 0 Å². The van der Waals surface area contributed by atoms with Crippen LogP contribution in [-0.4, -0.2) is 27.1 Å². The topological polar surface area (TPSA) is 74.7 Å². The van der Waals surface area contributed by atoms with Crippen molar-refractivity contribution in [3.63, 3.8) is 0 Å². The van der Waals surface area contributed by atoms with Crippen LogP contribution in [-0.2, 0) is 11.3 Å². The molecular weight excluding hydrogens is 362 g/mol. The lowest BCUT2D eigenvalue weighted by atomic mass is 10.1. The first kappa shape index (κ1) is 17.3. The third-order valence-electron chi connectivity index (χ3n) is 3.56. The molecule has 0 aliphatic carbocycles. The predicted molar refractivity (Wildman–Crippen MR) is 96.4 cm³/mol. The molecule has 0 saturated carbocycles. The van der Waals surface area contributed by atoms with E-state index in [2.05, 4.69) is 0 Å². The van der Waals surface area contributed by atoms with E-state index in [1.807, 2.05) is 0 Å². The highest BCUT2D eigenvalue weighted by molar-refractivity contribution is 8.18. The van der Waals surface area contributed by atoms with E-state index in [-0.39, 0.29) is 17.3 Å². The number of halogens is 1. The lowest BCUT2D eigenvalue weighted by molar-refractivity contribution is -0.123. The smallest absolute Gasteiger partial charge is 0.335 e. The molecule has 0 spiro atoms. The molecule has 2 aromatic carbocycles. The number of nitrogens with zero attached hydrogens (tertiary/aromatic N) is 1. The number of carboxylic acid groups (broad SMARTS) is 1. The molecule has 7 heteroatoms. The summed E-state index contributed by atoms with van der Waals surface area (Å²) >= 11 is 6.69. The number of amides is 2. The van der Waals surface area contributed by atoms with Gasteiger partial charge in [-0.2, -0.15) is 0 Å². The zero-order valence-electron chi connectivity index (χ0n) is 12.8. The summed E-state index contributed by atoms with van der Waals surface area (Å²) in [7, 11) is 0. The van der Waals surface area contributed by atoms with E-state index in [0.29, 0.717) is 15.5 Å². The summed E-state index contributed by atoms with van der Waals surface area (Å²) in [5.74, 6) is -1.45. The number of hydrogen-bond acceptors (Lipinski definition) is 4. The molecule has 0 unspecified atom stereocenters. The number of rotatable bonds is 4. The lowest BCUT2D eigenvalue weighted by Crippen LogP contribution is -2.27. The van der Waals surface area contributed by atoms with Crippen molar-refractivity contribution in [1.29, 1.82) is 0 Å². The van der Waals surface area contributed by atoms with Gasteiger partial charge in [0.2, 0.25) is 0 Å². The van der Waals surface area contributed by atoms with Gasteiger partial charge in [0, 0.05) is 5.02 Å². The molecule has 1 fully saturated rings. The number of thioether (sulfide) groups is 1. The van der Waals surface area contributed by atoms with Crippen LogP contribution in [0, 0.1) is 0 Å². The van der Waals surface area contributed by atoms with Crippen LogP contribution in [0.25, 0.3) is 6.08 Å². The average molecular weight is 374 g/mol. The van der Waals surface area contributed by atoms with Crippen LogP contribution in [0.4, 0.5) is 4.79 Å². The quantitative estimate of drug-likeness (QED) is 0.810. The molecule has 1 aliphatic rings. The maximum Gasteiger partial charge on any atom is 0.335 e. The van der Waals surface area contributed by atoms with Gasteiger partial charge in [0.25, 0.3) is 11.1 Å². The van der Waals surface area contributed by atoms with Crippen molar-refractivity contribution in [1.82, 2.24) is 4.90 Å². The van der Waals surface area contributed by atoms with E-state index in [9.17, 15) is 14.4 Å². The second kappa shape index (κ2) is 7.13. The maximum absolute atomic E-state index is 12.5. The number of aromatic carboxylic acids is 1. The summed E-state index contributed by atoms with van der Waals surface area (Å²) in [4.78, 5) is 37.1. The molecule has 0 bridgehead atoms. The van der Waals surface area contributed by atoms with Gasteiger partial charge in [-0.05, 0) is 53.2 Å². The number of benzene rings is 2. The highest BCUT2D eigenvalue weighted by atomic mass is 35.5. The summed E-state index contributed by atoms with van der Waals surface area (Å²) in [5.41, 5.74) is 1.46. The van der Waals surface area contributed by atoms with Gasteiger partial charge in [-0.3, -0.25) is 14.5 Å². The molecule has 5 nitrogen and oxygen atoms in total. The largest absolute Gasteiger partial charge is 0.478 e. The minimum Gasteiger partial charge on any atom is -0.478 e. The fraction of sp³-hybridized carbons (Fsp3) is 0.0556. The normalized spacial score (nSPS) is 15.9. The Balaban J connectivity index is 1.81. The fourth-order valence-electron chi connectivity index (χ4n) is 2.33. The molecule has 2 amide bonds. The Kier molecular flexibility index (Phi) is 4.92. The van der Waals surface area contributed by atoms with E-state index in [4.69, 9.17) is 16.7 Å². The predicted octanol–water partition coefficient (Wildman–Crippen LogP) is 4.27. The minimum atomic E-state index is -1.06. The van der Waals surface area contributed by atoms with Crippen molar-refractivity contribution >= 4 is 46.6 Å². The van der Waals surface area contributed by atoms with Crippen molar-refractivity contribution in [3.8, 4) is 0 Å². The van der Waals surface area contributed by atoms with Crippen molar-refractivity contribution in [2.24, 2.45) is 0 Å². The lowest BCUT2D eigenvalue weighted by Gasteiger charge is -2.12. The van der Waals surface area contributed by atoms with E-state index >= 15 is 0 Å². The summed E-state index contributed by atoms with van der Waals surface area (Å²) < 4.78 is 0. The van der Waals surface area contributed by atoms with Gasteiger partial charge < -0.3 is 5.11 Å². The third-order valence-corrected chi connectivity index (χ3v) is 4.72. The molecule has 25 heavy (non-hydrogen) atoms. The highest BCUT2D eigenvalue weighted by Crippen LogP contribution is 2.33. The Bertz CT molecular complexity index is 892. The summed E-state index contributed by atoms with van der Waals surface area (Å²) in [6, 6.07) is 13.1. The Hall–Kier alpha value is -2.57. The maximum atomic E-state index is 12.5. The molecule has 1 aliphatic heterocycles. The number of imide groups is 1. The molecular formula is C18H12ClNO4S. The van der Waals surface area contributed by atoms with Gasteiger partial charge in [0.05, 0.1) is 17.0 Å². The minimum absolute atomic E-state index is 0.0315. The van der Waals surface area contributed by atoms with Gasteiger partial charge in [-0.15, -0.1) is 0 Å². The monoisotopic (exact) mass is 373 g/mol. The second-order valence-electron chi connectivity index (χ2n) is 5.32. The second-order valence-corrected chi connectivity index (χ2v) is 6.75. The van der Waals surface area contributed by atoms with Crippen molar-refractivity contribution in [2.45, 2.75) is 6.54 Å². The number of carbonyl (C=O) groups is 3. The molecule has 3 rings (SSSR count). The summed E-state index contributed by atoms with van der Waals surface area (Å²) in [6.45, 7) is 0.0315. The van der Waals surface area contributed by atoms with Crippen LogP contribution in [0.3, 0.4) is 0 Å². The highest BCUT2D eigenvalue weighted by Gasteiger charge is 2.35. The number of hydrogen-bond donors (Lipinski definition) is 1. The fourth-order valence-corrected chi connectivity index (χ4v) is 3.30. The third kappa shape index (κ3) is 3.92. The van der Waals surface area contributed by atoms with Crippen LogP contribution in [0.1, 0.15) is 21.5 Å². The Morgan fingerprint density at radius 3 is 2.56 bits per heavy atom. The number of carbonyl (C=O) groups excluding carboxylic acids is 2. The van der Waals surface area contributed by atoms with Crippen molar-refractivity contribution < 1.29 is 19.5 Å². The van der Waals surface area contributed by atoms with E-state index in [1.165, 1.54) is 12.1 Å². The molecule has 0 aromatic heterocycles. The van der Waals surface area contributed by atoms with Crippen LogP contribution in [0.15, 0.2) is 53.4 Å². The molecule has 1 heterocycles. The standard InChI is InChI=1S/C18H12ClNO4S/c19-14-6-4-11(5-7-14)9-15-16(21)20(18(24)25-15)10-12-2-1-3-13(8-12)17(22)23/h1-9H,10H2,(H,22,23)/b15-9-. The zero-order chi connectivity index (χ0) is 18.0. The Morgan fingerprint density at radius 2 is 1.88 bits per heavy atom. The number of carboxylic acids is 1. The van der Waals surface area contributed by atoms with Gasteiger partial charge in [-0.25, -0.2) is 4.79 Å². The van der Waals surface area contributed by atoms with Crippen LogP contribution in [0.2, 0.25) is 5.02 Å². The molecule has 0 radical (unpaired) electrons. The van der Waals surface area contributed by atoms with Gasteiger partial charge in [0.15, 0.2) is 0 Å². The van der Waals surface area contributed by atoms with Crippen LogP contribution >= 0.6 is 23.4 Å². The van der Waals surface area contributed by atoms with E-state index in [0.717, 1.165) is 22.2 Å². The SMILES string of the molecule is O=C(O)c1cccc(CN2C(=O)S/C(=C\c3ccc(Cl)cc3)C2=O)c1. The van der Waals surface area contributed by atoms with Crippen molar-refractivity contribution in [3.05, 3.63) is 75.1 Å². The van der Waals surface area contributed by atoms with Crippen LogP contribution in [0.5, 0.6) is 0 Å². The summed E-state index contributed by atoms with van der Waals surface area (Å²) in [6.07, 6.45) is 1.63. The Labute approximate surface area is 152 Å². The van der Waals surface area contributed by atoms with Gasteiger partial charge in [0.1, 0.15) is 0 Å². The Morgan fingerprint density at radius 1 is 1.16 bits per heavy atom. The molecule has 1 N–H and O–H groups in total. The first-order chi connectivity index (χ1) is 11.9. The molecule has 126 valence electrons. The first-order valence-corrected chi connectivity index (χ1v) is 8.46. The molecule has 1 saturated heterocycles. The summed E-state index contributed by atoms with van der Waals surface area (Å²) in [5, 5.41) is 9.23. The van der Waals surface area contributed by atoms with E-state index < -0.39 is 11.9 Å². The first-order valence-electron chi connectivity index (χ1n) is 7.27. The van der Waals surface area contributed by atoms with Crippen molar-refractivity contribution in [2.75, 3.05) is 0 Å². The van der Waals surface area contributed by atoms with Gasteiger partial charge >= 0.3 is 5.97 Å². The average Bonchev–Trinajstić information content (AvgIpc) is 2.85.